The van der Waals surface area contributed by atoms with Crippen molar-refractivity contribution in [2.24, 2.45) is 11.8 Å². The van der Waals surface area contributed by atoms with Gasteiger partial charge in [0.2, 0.25) is 15.9 Å². The topological polar surface area (TPSA) is 87.3 Å². The van der Waals surface area contributed by atoms with E-state index in [0.717, 1.165) is 42.7 Å². The van der Waals surface area contributed by atoms with Gasteiger partial charge >= 0.3 is 0 Å². The summed E-state index contributed by atoms with van der Waals surface area (Å²) in [7, 11) is -3.62. The monoisotopic (exact) mass is 533 g/mol. The van der Waals surface area contributed by atoms with Crippen molar-refractivity contribution in [3.8, 4) is 0 Å². The Morgan fingerprint density at radius 3 is 2.34 bits per heavy atom. The smallest absolute Gasteiger partial charge is 0.250 e. The zero-order valence-electron chi connectivity index (χ0n) is 18.8. The van der Waals surface area contributed by atoms with Gasteiger partial charge in [-0.2, -0.15) is 0 Å². The summed E-state index contributed by atoms with van der Waals surface area (Å²) >= 11 is 7.02. The molecule has 3 atom stereocenters. The zero-order chi connectivity index (χ0) is 24.6. The van der Waals surface area contributed by atoms with Gasteiger partial charge in [0, 0.05) is 17.4 Å². The highest BCUT2D eigenvalue weighted by molar-refractivity contribution is 7.91. The van der Waals surface area contributed by atoms with Crippen LogP contribution >= 0.6 is 22.9 Å². The van der Waals surface area contributed by atoms with Gasteiger partial charge < -0.3 is 10.6 Å². The van der Waals surface area contributed by atoms with E-state index < -0.39 is 10.0 Å². The third kappa shape index (κ3) is 5.53. The number of hydrogen-bond acceptors (Lipinski definition) is 5. The number of carbonyl (C=O) groups excluding carboxylic acids is 1. The first-order valence-corrected chi connectivity index (χ1v) is 14.1. The summed E-state index contributed by atoms with van der Waals surface area (Å²) in [6.07, 6.45) is 3.56. The molecular formula is C25H25ClFN3O3S2. The second-order valence-electron chi connectivity index (χ2n) is 9.10. The Labute approximate surface area is 212 Å². The molecule has 10 heteroatoms. The average Bonchev–Trinajstić information content (AvgIpc) is 3.37. The van der Waals surface area contributed by atoms with Gasteiger partial charge in [0.05, 0.1) is 10.9 Å². The molecule has 3 unspecified atom stereocenters. The molecule has 0 aliphatic heterocycles. The fraction of sp³-hybridized carbons (Fsp3) is 0.320. The van der Waals surface area contributed by atoms with Crippen LogP contribution in [0, 0.1) is 17.7 Å². The number of amides is 1. The molecule has 1 heterocycles. The summed E-state index contributed by atoms with van der Waals surface area (Å²) < 4.78 is 42.6. The van der Waals surface area contributed by atoms with Crippen LogP contribution in [0.2, 0.25) is 4.34 Å². The number of nitrogens with one attached hydrogen (secondary N) is 3. The fourth-order valence-corrected chi connectivity index (χ4v) is 7.99. The van der Waals surface area contributed by atoms with E-state index in [4.69, 9.17) is 11.6 Å². The van der Waals surface area contributed by atoms with Gasteiger partial charge in [-0.3, -0.25) is 4.79 Å². The summed E-state index contributed by atoms with van der Waals surface area (Å²) in [5.74, 6) is -0.130. The molecule has 35 heavy (non-hydrogen) atoms. The Morgan fingerprint density at radius 2 is 1.66 bits per heavy atom. The zero-order valence-corrected chi connectivity index (χ0v) is 21.1. The molecule has 0 radical (unpaired) electrons. The standard InChI is InChI=1S/C25H25ClFN3O3S2/c26-22-9-10-24(34-22)35(32,33)30-25-16-1-2-17(25)12-18-13-21(6-3-15(18)11-16)28-14-23(31)29-20-7-4-19(27)5-8-20/h3-10,13,16-17,25,28,30H,1-2,11-12,14H2,(H,29,31). The lowest BCUT2D eigenvalue weighted by atomic mass is 9.93. The lowest BCUT2D eigenvalue weighted by Gasteiger charge is -2.23. The predicted octanol–water partition coefficient (Wildman–Crippen LogP) is 5.06. The largest absolute Gasteiger partial charge is 0.376 e. The first-order valence-electron chi connectivity index (χ1n) is 11.5. The number of benzene rings is 2. The van der Waals surface area contributed by atoms with E-state index in [9.17, 15) is 17.6 Å². The molecule has 3 aromatic rings. The first kappa shape index (κ1) is 24.2. The molecule has 1 saturated carbocycles. The first-order chi connectivity index (χ1) is 16.8. The highest BCUT2D eigenvalue weighted by atomic mass is 35.5. The molecule has 0 spiro atoms. The second kappa shape index (κ2) is 9.89. The molecule has 2 aliphatic carbocycles. The van der Waals surface area contributed by atoms with Crippen molar-refractivity contribution in [1.82, 2.24) is 4.72 Å². The summed E-state index contributed by atoms with van der Waals surface area (Å²) in [6, 6.07) is 14.7. The molecule has 2 aliphatic rings. The van der Waals surface area contributed by atoms with Crippen molar-refractivity contribution >= 4 is 50.2 Å². The minimum atomic E-state index is -3.62. The maximum atomic E-state index is 13.0. The molecule has 184 valence electrons. The predicted molar refractivity (Wildman–Crippen MR) is 137 cm³/mol. The maximum absolute atomic E-state index is 13.0. The average molecular weight is 534 g/mol. The summed E-state index contributed by atoms with van der Waals surface area (Å²) in [6.45, 7) is 0.0774. The lowest BCUT2D eigenvalue weighted by molar-refractivity contribution is -0.114. The van der Waals surface area contributed by atoms with Crippen LogP contribution in [0.3, 0.4) is 0 Å². The van der Waals surface area contributed by atoms with Gasteiger partial charge in [0.1, 0.15) is 10.0 Å². The molecule has 1 amide bonds. The summed E-state index contributed by atoms with van der Waals surface area (Å²) in [5.41, 5.74) is 3.78. The van der Waals surface area contributed by atoms with Crippen molar-refractivity contribution in [1.29, 1.82) is 0 Å². The lowest BCUT2D eigenvalue weighted by Crippen LogP contribution is -2.41. The van der Waals surface area contributed by atoms with Gasteiger partial charge in [-0.1, -0.05) is 17.7 Å². The summed E-state index contributed by atoms with van der Waals surface area (Å²) in [5, 5.41) is 5.89. The highest BCUT2D eigenvalue weighted by Crippen LogP contribution is 2.41. The Morgan fingerprint density at radius 1 is 0.971 bits per heavy atom. The number of fused-ring (bicyclic) bond motifs is 3. The normalized spacial score (nSPS) is 21.3. The minimum absolute atomic E-state index is 0.0774. The minimum Gasteiger partial charge on any atom is -0.376 e. The van der Waals surface area contributed by atoms with Crippen LogP contribution < -0.4 is 15.4 Å². The number of rotatable bonds is 7. The van der Waals surface area contributed by atoms with E-state index in [2.05, 4.69) is 27.5 Å². The number of hydrogen-bond donors (Lipinski definition) is 3. The van der Waals surface area contributed by atoms with E-state index >= 15 is 0 Å². The molecule has 1 aromatic heterocycles. The van der Waals surface area contributed by atoms with Crippen LogP contribution in [0.5, 0.6) is 0 Å². The third-order valence-corrected chi connectivity index (χ3v) is 9.96. The van der Waals surface area contributed by atoms with Crippen LogP contribution in [-0.2, 0) is 27.7 Å². The SMILES string of the molecule is O=C(CNc1ccc2c(c1)CC1CCC(C2)C1NS(=O)(=O)c1ccc(Cl)s1)Nc1ccc(F)cc1. The van der Waals surface area contributed by atoms with Crippen molar-refractivity contribution in [2.45, 2.75) is 35.9 Å². The molecule has 1 fully saturated rings. The van der Waals surface area contributed by atoms with E-state index in [-0.39, 0.29) is 40.4 Å². The molecular weight excluding hydrogens is 509 g/mol. The van der Waals surface area contributed by atoms with Gasteiger partial charge in [-0.25, -0.2) is 17.5 Å². The maximum Gasteiger partial charge on any atom is 0.250 e. The number of thiophene rings is 1. The van der Waals surface area contributed by atoms with Crippen LogP contribution in [0.15, 0.2) is 58.8 Å². The number of halogens is 2. The second-order valence-corrected chi connectivity index (χ2v) is 12.8. The molecule has 2 aromatic carbocycles. The van der Waals surface area contributed by atoms with Crippen LogP contribution in [0.4, 0.5) is 15.8 Å². The Hall–Kier alpha value is -2.46. The summed E-state index contributed by atoms with van der Waals surface area (Å²) in [4.78, 5) is 12.3. The Bertz CT molecular complexity index is 1340. The van der Waals surface area contributed by atoms with Crippen molar-refractivity contribution in [3.05, 3.63) is 75.9 Å². The van der Waals surface area contributed by atoms with Crippen molar-refractivity contribution in [2.75, 3.05) is 17.2 Å². The van der Waals surface area contributed by atoms with Crippen LogP contribution in [0.25, 0.3) is 0 Å². The van der Waals surface area contributed by atoms with E-state index in [1.165, 1.54) is 35.4 Å². The highest BCUT2D eigenvalue weighted by Gasteiger charge is 2.41. The fourth-order valence-electron chi connectivity index (χ4n) is 5.11. The van der Waals surface area contributed by atoms with Gasteiger partial charge in [-0.15, -0.1) is 11.3 Å². The molecule has 0 saturated heterocycles. The molecule has 6 nitrogen and oxygen atoms in total. The van der Waals surface area contributed by atoms with Gasteiger partial charge in [-0.05, 0) is 97.2 Å². The molecule has 5 rings (SSSR count). The van der Waals surface area contributed by atoms with Crippen LogP contribution in [-0.4, -0.2) is 26.9 Å². The Balaban J connectivity index is 1.24. The van der Waals surface area contributed by atoms with E-state index in [1.54, 1.807) is 12.1 Å². The van der Waals surface area contributed by atoms with E-state index in [1.807, 2.05) is 6.07 Å². The van der Waals surface area contributed by atoms with Gasteiger partial charge in [0.15, 0.2) is 0 Å². The Kier molecular flexibility index (Phi) is 6.85. The third-order valence-electron chi connectivity index (χ3n) is 6.78. The quantitative estimate of drug-likeness (QED) is 0.396. The number of anilines is 2. The molecule has 2 bridgehead atoms. The number of sulfonamides is 1. The van der Waals surface area contributed by atoms with E-state index in [0.29, 0.717) is 10.0 Å². The molecule has 3 N–H and O–H groups in total. The van der Waals surface area contributed by atoms with Crippen molar-refractivity contribution in [3.63, 3.8) is 0 Å². The number of carbonyl (C=O) groups is 1. The van der Waals surface area contributed by atoms with Crippen LogP contribution in [0.1, 0.15) is 24.0 Å². The van der Waals surface area contributed by atoms with Gasteiger partial charge in [0.25, 0.3) is 0 Å². The van der Waals surface area contributed by atoms with Crippen molar-refractivity contribution < 1.29 is 17.6 Å².